The van der Waals surface area contributed by atoms with Crippen LogP contribution in [-0.2, 0) is 4.79 Å². The zero-order valence-corrected chi connectivity index (χ0v) is 11.7. The van der Waals surface area contributed by atoms with Gasteiger partial charge in [-0.3, -0.25) is 9.59 Å². The summed E-state index contributed by atoms with van der Waals surface area (Å²) in [6, 6.07) is 18.8. The molecule has 0 N–H and O–H groups in total. The van der Waals surface area contributed by atoms with Crippen molar-refractivity contribution >= 4 is 17.6 Å². The van der Waals surface area contributed by atoms with Crippen LogP contribution in [0, 0.1) is 5.92 Å². The van der Waals surface area contributed by atoms with Crippen LogP contribution < -0.4 is 0 Å². The van der Waals surface area contributed by atoms with Crippen LogP contribution in [0.4, 0.5) is 0 Å². The van der Waals surface area contributed by atoms with Crippen molar-refractivity contribution in [3.8, 4) is 0 Å². The SMILES string of the molecule is O=C1C(=Cc2ccccc2)CCC1C(=O)c1ccccc1. The van der Waals surface area contributed by atoms with Crippen molar-refractivity contribution in [2.75, 3.05) is 0 Å². The van der Waals surface area contributed by atoms with E-state index in [1.54, 1.807) is 12.1 Å². The van der Waals surface area contributed by atoms with Crippen molar-refractivity contribution in [2.45, 2.75) is 12.8 Å². The standard InChI is InChI=1S/C19H16O2/c20-18(15-9-5-2-6-10-15)17-12-11-16(19(17)21)13-14-7-3-1-4-8-14/h1-10,13,17H,11-12H2. The monoisotopic (exact) mass is 276 g/mol. The molecule has 0 aromatic heterocycles. The number of hydrogen-bond donors (Lipinski definition) is 0. The Balaban J connectivity index is 1.81. The number of carbonyl (C=O) groups excluding carboxylic acids is 2. The van der Waals surface area contributed by atoms with Gasteiger partial charge in [0.15, 0.2) is 11.6 Å². The van der Waals surface area contributed by atoms with E-state index in [0.717, 1.165) is 11.1 Å². The van der Waals surface area contributed by atoms with Gasteiger partial charge in [-0.25, -0.2) is 0 Å². The average molecular weight is 276 g/mol. The summed E-state index contributed by atoms with van der Waals surface area (Å²) in [6.07, 6.45) is 3.20. The maximum absolute atomic E-state index is 12.4. The van der Waals surface area contributed by atoms with Gasteiger partial charge in [0, 0.05) is 5.56 Å². The third kappa shape index (κ3) is 2.84. The highest BCUT2D eigenvalue weighted by molar-refractivity contribution is 6.18. The fourth-order valence-corrected chi connectivity index (χ4v) is 2.73. The van der Waals surface area contributed by atoms with Gasteiger partial charge >= 0.3 is 0 Å². The van der Waals surface area contributed by atoms with Gasteiger partial charge in [0.2, 0.25) is 0 Å². The highest BCUT2D eigenvalue weighted by Gasteiger charge is 2.34. The molecule has 2 nitrogen and oxygen atoms in total. The minimum absolute atomic E-state index is 0.0206. The molecular weight excluding hydrogens is 260 g/mol. The van der Waals surface area contributed by atoms with Crippen molar-refractivity contribution in [1.29, 1.82) is 0 Å². The first-order valence-corrected chi connectivity index (χ1v) is 7.15. The van der Waals surface area contributed by atoms with E-state index in [9.17, 15) is 9.59 Å². The third-order valence-electron chi connectivity index (χ3n) is 3.85. The van der Waals surface area contributed by atoms with Crippen molar-refractivity contribution in [3.63, 3.8) is 0 Å². The van der Waals surface area contributed by atoms with Crippen molar-refractivity contribution in [3.05, 3.63) is 77.4 Å². The lowest BCUT2D eigenvalue weighted by molar-refractivity contribution is -0.116. The zero-order chi connectivity index (χ0) is 14.7. The summed E-state index contributed by atoms with van der Waals surface area (Å²) in [7, 11) is 0. The van der Waals surface area contributed by atoms with E-state index in [1.807, 2.05) is 54.6 Å². The van der Waals surface area contributed by atoms with Crippen molar-refractivity contribution < 1.29 is 9.59 Å². The number of rotatable bonds is 3. The Kier molecular flexibility index (Phi) is 3.78. The normalized spacial score (nSPS) is 19.9. The van der Waals surface area contributed by atoms with Crippen LogP contribution in [0.3, 0.4) is 0 Å². The van der Waals surface area contributed by atoms with E-state index in [-0.39, 0.29) is 11.6 Å². The van der Waals surface area contributed by atoms with E-state index < -0.39 is 5.92 Å². The molecule has 0 radical (unpaired) electrons. The Bertz CT molecular complexity index is 684. The summed E-state index contributed by atoms with van der Waals surface area (Å²) in [4.78, 5) is 24.8. The van der Waals surface area contributed by atoms with Crippen LogP contribution in [0.25, 0.3) is 6.08 Å². The number of allylic oxidation sites excluding steroid dienone is 1. The number of ketones is 2. The zero-order valence-electron chi connectivity index (χ0n) is 11.7. The second kappa shape index (κ2) is 5.88. The molecule has 0 aliphatic heterocycles. The Morgan fingerprint density at radius 3 is 2.24 bits per heavy atom. The second-order valence-corrected chi connectivity index (χ2v) is 5.27. The van der Waals surface area contributed by atoms with Gasteiger partial charge < -0.3 is 0 Å². The molecular formula is C19H16O2. The summed E-state index contributed by atoms with van der Waals surface area (Å²) < 4.78 is 0. The van der Waals surface area contributed by atoms with Crippen LogP contribution in [0.1, 0.15) is 28.8 Å². The molecule has 0 heterocycles. The number of benzene rings is 2. The molecule has 0 spiro atoms. The summed E-state index contributed by atoms with van der Waals surface area (Å²) in [5.74, 6) is -0.591. The van der Waals surface area contributed by atoms with Gasteiger partial charge in [-0.05, 0) is 30.1 Å². The molecule has 1 unspecified atom stereocenters. The molecule has 2 aromatic rings. The van der Waals surface area contributed by atoms with Gasteiger partial charge in [-0.1, -0.05) is 60.7 Å². The van der Waals surface area contributed by atoms with Gasteiger partial charge in [0.05, 0.1) is 5.92 Å². The summed E-state index contributed by atoms with van der Waals surface area (Å²) in [5, 5.41) is 0. The molecule has 104 valence electrons. The lowest BCUT2D eigenvalue weighted by Gasteiger charge is -2.06. The minimum Gasteiger partial charge on any atom is -0.294 e. The largest absolute Gasteiger partial charge is 0.294 e. The molecule has 1 atom stereocenters. The first kappa shape index (κ1) is 13.5. The fraction of sp³-hybridized carbons (Fsp3) is 0.158. The molecule has 2 heteroatoms. The lowest BCUT2D eigenvalue weighted by atomic mass is 9.95. The predicted octanol–water partition coefficient (Wildman–Crippen LogP) is 3.93. The second-order valence-electron chi connectivity index (χ2n) is 5.27. The molecule has 3 rings (SSSR count). The summed E-state index contributed by atoms with van der Waals surface area (Å²) >= 11 is 0. The molecule has 1 fully saturated rings. The van der Waals surface area contributed by atoms with Gasteiger partial charge in [0.25, 0.3) is 0 Å². The average Bonchev–Trinajstić information content (AvgIpc) is 2.89. The summed E-state index contributed by atoms with van der Waals surface area (Å²) in [6.45, 7) is 0. The fourth-order valence-electron chi connectivity index (χ4n) is 2.73. The number of carbonyl (C=O) groups is 2. The number of Topliss-reactive ketones (excluding diaryl/α,β-unsaturated/α-hetero) is 2. The molecule has 1 aliphatic carbocycles. The lowest BCUT2D eigenvalue weighted by Crippen LogP contribution is -2.19. The van der Waals surface area contributed by atoms with Crippen LogP contribution >= 0.6 is 0 Å². The minimum atomic E-state index is -0.512. The first-order valence-electron chi connectivity index (χ1n) is 7.15. The Morgan fingerprint density at radius 1 is 0.952 bits per heavy atom. The third-order valence-corrected chi connectivity index (χ3v) is 3.85. The summed E-state index contributed by atoms with van der Waals surface area (Å²) in [5.41, 5.74) is 2.39. The maximum Gasteiger partial charge on any atom is 0.173 e. The van der Waals surface area contributed by atoms with Crippen LogP contribution in [0.15, 0.2) is 66.2 Å². The van der Waals surface area contributed by atoms with E-state index in [4.69, 9.17) is 0 Å². The molecule has 0 amide bonds. The quantitative estimate of drug-likeness (QED) is 0.483. The number of hydrogen-bond acceptors (Lipinski definition) is 2. The highest BCUT2D eigenvalue weighted by atomic mass is 16.2. The maximum atomic E-state index is 12.4. The molecule has 0 bridgehead atoms. The smallest absolute Gasteiger partial charge is 0.173 e. The van der Waals surface area contributed by atoms with Gasteiger partial charge in [0.1, 0.15) is 0 Å². The molecule has 2 aromatic carbocycles. The Morgan fingerprint density at radius 2 is 1.57 bits per heavy atom. The Hall–Kier alpha value is -2.48. The van der Waals surface area contributed by atoms with Crippen molar-refractivity contribution in [2.24, 2.45) is 5.92 Å². The van der Waals surface area contributed by atoms with Crippen molar-refractivity contribution in [1.82, 2.24) is 0 Å². The van der Waals surface area contributed by atoms with E-state index in [0.29, 0.717) is 18.4 Å². The van der Waals surface area contributed by atoms with Crippen LogP contribution in [0.5, 0.6) is 0 Å². The van der Waals surface area contributed by atoms with Crippen LogP contribution in [-0.4, -0.2) is 11.6 Å². The van der Waals surface area contributed by atoms with Gasteiger partial charge in [-0.15, -0.1) is 0 Å². The predicted molar refractivity (Wildman–Crippen MR) is 82.9 cm³/mol. The van der Waals surface area contributed by atoms with E-state index in [2.05, 4.69) is 0 Å². The highest BCUT2D eigenvalue weighted by Crippen LogP contribution is 2.30. The van der Waals surface area contributed by atoms with E-state index in [1.165, 1.54) is 0 Å². The molecule has 21 heavy (non-hydrogen) atoms. The Labute approximate surface area is 124 Å². The first-order chi connectivity index (χ1) is 10.3. The van der Waals surface area contributed by atoms with Crippen LogP contribution in [0.2, 0.25) is 0 Å². The molecule has 0 saturated heterocycles. The molecule has 1 saturated carbocycles. The van der Waals surface area contributed by atoms with E-state index >= 15 is 0 Å². The molecule has 1 aliphatic rings. The van der Waals surface area contributed by atoms with Gasteiger partial charge in [-0.2, -0.15) is 0 Å². The topological polar surface area (TPSA) is 34.1 Å².